The van der Waals surface area contributed by atoms with E-state index in [0.29, 0.717) is 35.6 Å². The van der Waals surface area contributed by atoms with Crippen LogP contribution in [0.1, 0.15) is 22.7 Å². The van der Waals surface area contributed by atoms with Crippen LogP contribution in [0.4, 0.5) is 4.39 Å². The highest BCUT2D eigenvalue weighted by Gasteiger charge is 2.46. The van der Waals surface area contributed by atoms with E-state index in [4.69, 9.17) is 4.74 Å². The van der Waals surface area contributed by atoms with E-state index < -0.39 is 23.5 Å². The number of amides is 1. The lowest BCUT2D eigenvalue weighted by molar-refractivity contribution is -0.140. The third-order valence-electron chi connectivity index (χ3n) is 5.33. The van der Waals surface area contributed by atoms with Gasteiger partial charge in [-0.2, -0.15) is 0 Å². The maximum Gasteiger partial charge on any atom is 0.295 e. The maximum absolute atomic E-state index is 13.5. The molecule has 0 aliphatic carbocycles. The van der Waals surface area contributed by atoms with Gasteiger partial charge in [-0.3, -0.25) is 9.59 Å². The Labute approximate surface area is 187 Å². The zero-order valence-electron chi connectivity index (χ0n) is 18.5. The van der Waals surface area contributed by atoms with E-state index in [-0.39, 0.29) is 17.9 Å². The van der Waals surface area contributed by atoms with E-state index in [2.05, 4.69) is 6.58 Å². The van der Waals surface area contributed by atoms with Gasteiger partial charge in [-0.15, -0.1) is 0 Å². The van der Waals surface area contributed by atoms with Gasteiger partial charge in [0, 0.05) is 18.7 Å². The third-order valence-corrected chi connectivity index (χ3v) is 5.33. The van der Waals surface area contributed by atoms with Crippen molar-refractivity contribution in [2.45, 2.75) is 13.0 Å². The van der Waals surface area contributed by atoms with Crippen molar-refractivity contribution in [2.75, 3.05) is 33.8 Å². The molecule has 1 saturated heterocycles. The molecular weight excluding hydrogens is 411 g/mol. The van der Waals surface area contributed by atoms with Crippen molar-refractivity contribution in [2.24, 2.45) is 0 Å². The summed E-state index contributed by atoms with van der Waals surface area (Å²) in [6, 6.07) is 9.87. The number of aryl methyl sites for hydroxylation is 1. The summed E-state index contributed by atoms with van der Waals surface area (Å²) in [5.41, 5.74) is 1.65. The molecule has 1 amide bonds. The van der Waals surface area contributed by atoms with E-state index >= 15 is 0 Å². The highest BCUT2D eigenvalue weighted by Crippen LogP contribution is 2.40. The average molecular weight is 438 g/mol. The number of ether oxygens (including phenoxy) is 1. The van der Waals surface area contributed by atoms with Crippen LogP contribution in [-0.4, -0.2) is 60.4 Å². The second kappa shape index (κ2) is 9.78. The predicted octanol–water partition coefficient (Wildman–Crippen LogP) is 3.68. The van der Waals surface area contributed by atoms with Gasteiger partial charge in [-0.05, 0) is 62.5 Å². The molecule has 1 N–H and O–H groups in total. The van der Waals surface area contributed by atoms with Crippen LogP contribution in [0.15, 0.2) is 60.7 Å². The summed E-state index contributed by atoms with van der Waals surface area (Å²) < 4.78 is 19.1. The van der Waals surface area contributed by atoms with Crippen molar-refractivity contribution in [3.8, 4) is 5.75 Å². The first-order chi connectivity index (χ1) is 15.2. The normalized spacial score (nSPS) is 17.8. The van der Waals surface area contributed by atoms with Crippen LogP contribution < -0.4 is 4.74 Å². The van der Waals surface area contributed by atoms with Crippen LogP contribution >= 0.6 is 0 Å². The molecule has 168 valence electrons. The lowest BCUT2D eigenvalue weighted by Gasteiger charge is -2.26. The summed E-state index contributed by atoms with van der Waals surface area (Å²) in [6.07, 6.45) is 1.63. The quantitative estimate of drug-likeness (QED) is 0.295. The molecule has 1 aliphatic heterocycles. The fourth-order valence-electron chi connectivity index (χ4n) is 3.70. The Bertz CT molecular complexity index is 1060. The number of halogens is 1. The van der Waals surface area contributed by atoms with Gasteiger partial charge < -0.3 is 19.6 Å². The number of ketones is 1. The molecule has 0 bridgehead atoms. The highest BCUT2D eigenvalue weighted by atomic mass is 19.1. The van der Waals surface area contributed by atoms with E-state index in [0.717, 1.165) is 0 Å². The molecule has 32 heavy (non-hydrogen) atoms. The second-order valence-corrected chi connectivity index (χ2v) is 7.92. The summed E-state index contributed by atoms with van der Waals surface area (Å²) >= 11 is 0. The lowest BCUT2D eigenvalue weighted by atomic mass is 9.94. The Kier molecular flexibility index (Phi) is 7.10. The summed E-state index contributed by atoms with van der Waals surface area (Å²) in [7, 11) is 3.73. The lowest BCUT2D eigenvalue weighted by Crippen LogP contribution is -2.35. The summed E-state index contributed by atoms with van der Waals surface area (Å²) in [6.45, 7) is 6.54. The fraction of sp³-hybridized carbons (Fsp3) is 0.280. The topological polar surface area (TPSA) is 70.1 Å². The molecule has 7 heteroatoms. The van der Waals surface area contributed by atoms with E-state index in [1.165, 1.54) is 29.2 Å². The number of likely N-dealkylation sites (tertiary alicyclic amines) is 1. The largest absolute Gasteiger partial charge is 0.507 e. The van der Waals surface area contributed by atoms with Crippen LogP contribution in [-0.2, 0) is 9.59 Å². The van der Waals surface area contributed by atoms with Gasteiger partial charge in [0.25, 0.3) is 11.7 Å². The minimum absolute atomic E-state index is 0.0109. The van der Waals surface area contributed by atoms with Gasteiger partial charge in [0.1, 0.15) is 23.9 Å². The van der Waals surface area contributed by atoms with Crippen molar-refractivity contribution < 1.29 is 23.8 Å². The van der Waals surface area contributed by atoms with E-state index in [1.54, 1.807) is 31.2 Å². The van der Waals surface area contributed by atoms with Gasteiger partial charge in [0.05, 0.1) is 11.6 Å². The second-order valence-electron chi connectivity index (χ2n) is 7.92. The van der Waals surface area contributed by atoms with Gasteiger partial charge in [0.2, 0.25) is 0 Å². The molecule has 3 rings (SSSR count). The van der Waals surface area contributed by atoms with Crippen LogP contribution in [0, 0.1) is 12.7 Å². The van der Waals surface area contributed by atoms with Crippen molar-refractivity contribution in [1.29, 1.82) is 0 Å². The Morgan fingerprint density at radius 2 is 1.91 bits per heavy atom. The molecule has 1 atom stereocenters. The Hall–Kier alpha value is -3.45. The van der Waals surface area contributed by atoms with Crippen molar-refractivity contribution >= 4 is 17.4 Å². The monoisotopic (exact) mass is 438 g/mol. The molecule has 6 nitrogen and oxygen atoms in total. The van der Waals surface area contributed by atoms with Gasteiger partial charge >= 0.3 is 0 Å². The molecule has 2 aromatic rings. The average Bonchev–Trinajstić information content (AvgIpc) is 3.01. The van der Waals surface area contributed by atoms with Crippen molar-refractivity contribution in [3.05, 3.63) is 83.2 Å². The van der Waals surface area contributed by atoms with Crippen LogP contribution in [0.2, 0.25) is 0 Å². The third kappa shape index (κ3) is 4.73. The number of nitrogens with zero attached hydrogens (tertiary/aromatic N) is 2. The molecule has 1 fully saturated rings. The standard InChI is InChI=1S/C25H27FN2O4/c1-5-14-32-19-10-11-20(16(2)15-19)23(29)21-22(17-6-8-18(26)9-7-17)28(13-12-27(3)4)25(31)24(21)30/h5-11,15,22,29H,1,12-14H2,2-4H3/b23-21-. The van der Waals surface area contributed by atoms with Crippen LogP contribution in [0.25, 0.3) is 5.76 Å². The SMILES string of the molecule is C=CCOc1ccc(/C(O)=C2/C(=O)C(=O)N(CCN(C)C)C2c2ccc(F)cc2)c(C)c1. The van der Waals surface area contributed by atoms with Gasteiger partial charge in [-0.1, -0.05) is 24.8 Å². The molecule has 1 heterocycles. The highest BCUT2D eigenvalue weighted by molar-refractivity contribution is 6.46. The molecular formula is C25H27FN2O4. The smallest absolute Gasteiger partial charge is 0.295 e. The maximum atomic E-state index is 13.5. The van der Waals surface area contributed by atoms with Crippen molar-refractivity contribution in [1.82, 2.24) is 9.80 Å². The molecule has 0 aromatic heterocycles. The van der Waals surface area contributed by atoms with Crippen LogP contribution in [0.3, 0.4) is 0 Å². The summed E-state index contributed by atoms with van der Waals surface area (Å²) in [5.74, 6) is -1.54. The first-order valence-electron chi connectivity index (χ1n) is 10.3. The Morgan fingerprint density at radius 1 is 1.22 bits per heavy atom. The number of carbonyl (C=O) groups is 2. The number of likely N-dealkylation sites (N-methyl/N-ethyl adjacent to an activating group) is 1. The number of Topliss-reactive ketones (excluding diaryl/α,β-unsaturated/α-hetero) is 1. The van der Waals surface area contributed by atoms with Crippen molar-refractivity contribution in [3.63, 3.8) is 0 Å². The van der Waals surface area contributed by atoms with Crippen LogP contribution in [0.5, 0.6) is 5.75 Å². The number of hydrogen-bond donors (Lipinski definition) is 1. The zero-order chi connectivity index (χ0) is 23.4. The zero-order valence-corrected chi connectivity index (χ0v) is 18.5. The van der Waals surface area contributed by atoms with E-state index in [9.17, 15) is 19.1 Å². The minimum atomic E-state index is -0.813. The van der Waals surface area contributed by atoms with E-state index in [1.807, 2.05) is 19.0 Å². The number of benzene rings is 2. The number of carbonyl (C=O) groups excluding carboxylic acids is 2. The number of rotatable bonds is 8. The number of aliphatic hydroxyl groups excluding tert-OH is 1. The number of hydrogen-bond acceptors (Lipinski definition) is 5. The first kappa shape index (κ1) is 23.2. The molecule has 0 saturated carbocycles. The molecule has 2 aromatic carbocycles. The fourth-order valence-corrected chi connectivity index (χ4v) is 3.70. The summed E-state index contributed by atoms with van der Waals surface area (Å²) in [4.78, 5) is 29.2. The predicted molar refractivity (Wildman–Crippen MR) is 121 cm³/mol. The summed E-state index contributed by atoms with van der Waals surface area (Å²) in [5, 5.41) is 11.2. The van der Waals surface area contributed by atoms with Gasteiger partial charge in [0.15, 0.2) is 0 Å². The Morgan fingerprint density at radius 3 is 2.50 bits per heavy atom. The van der Waals surface area contributed by atoms with Gasteiger partial charge in [-0.25, -0.2) is 4.39 Å². The number of aliphatic hydroxyl groups is 1. The molecule has 0 radical (unpaired) electrons. The Balaban J connectivity index is 2.11. The molecule has 1 unspecified atom stereocenters. The first-order valence-corrected chi connectivity index (χ1v) is 10.3. The molecule has 1 aliphatic rings. The minimum Gasteiger partial charge on any atom is -0.507 e. The molecule has 0 spiro atoms.